The van der Waals surface area contributed by atoms with Gasteiger partial charge < -0.3 is 15.2 Å². The van der Waals surface area contributed by atoms with E-state index in [-0.39, 0.29) is 11.8 Å². The molecule has 0 spiro atoms. The van der Waals surface area contributed by atoms with Crippen molar-refractivity contribution in [2.75, 3.05) is 6.61 Å². The fourth-order valence-electron chi connectivity index (χ4n) is 2.29. The van der Waals surface area contributed by atoms with Gasteiger partial charge in [0.1, 0.15) is 12.4 Å². The third-order valence-electron chi connectivity index (χ3n) is 3.44. The van der Waals surface area contributed by atoms with Crippen LogP contribution in [0, 0.1) is 3.57 Å². The maximum atomic E-state index is 11.2. The molecule has 19 heavy (non-hydrogen) atoms. The molecule has 1 aliphatic rings. The number of hydrogen-bond donors (Lipinski definition) is 2. The highest BCUT2D eigenvalue weighted by Crippen LogP contribution is 2.32. The van der Waals surface area contributed by atoms with Crippen molar-refractivity contribution >= 4 is 39.5 Å². The predicted octanol–water partition coefficient (Wildman–Crippen LogP) is 3.11. The molecule has 98 valence electrons. The molecule has 0 aromatic heterocycles. The molecule has 1 unspecified atom stereocenters. The van der Waals surface area contributed by atoms with Gasteiger partial charge in [0, 0.05) is 0 Å². The smallest absolute Gasteiger partial charge is 0.408 e. The molecule has 5 heteroatoms. The van der Waals surface area contributed by atoms with Gasteiger partial charge >= 0.3 is 6.09 Å². The average molecular weight is 369 g/mol. The van der Waals surface area contributed by atoms with Crippen molar-refractivity contribution in [1.82, 2.24) is 5.32 Å². The molecular formula is C14H12INO3. The zero-order valence-corrected chi connectivity index (χ0v) is 12.4. The van der Waals surface area contributed by atoms with E-state index in [0.29, 0.717) is 6.61 Å². The summed E-state index contributed by atoms with van der Waals surface area (Å²) < 4.78 is 5.82. The van der Waals surface area contributed by atoms with Crippen molar-refractivity contribution in [3.63, 3.8) is 0 Å². The van der Waals surface area contributed by atoms with Gasteiger partial charge in [-0.25, -0.2) is 4.79 Å². The minimum atomic E-state index is -0.491. The van der Waals surface area contributed by atoms with E-state index < -0.39 is 5.54 Å². The highest BCUT2D eigenvalue weighted by atomic mass is 127. The van der Waals surface area contributed by atoms with Gasteiger partial charge in [0.15, 0.2) is 0 Å². The average Bonchev–Trinajstić information content (AvgIpc) is 2.75. The largest absolute Gasteiger partial charge is 0.507 e. The van der Waals surface area contributed by atoms with Crippen molar-refractivity contribution in [3.8, 4) is 5.75 Å². The number of phenolic OH excluding ortho intramolecular Hbond substituents is 1. The molecule has 1 saturated heterocycles. The van der Waals surface area contributed by atoms with Crippen LogP contribution in [0.1, 0.15) is 12.5 Å². The number of cyclic esters (lactones) is 1. The minimum absolute atomic E-state index is 0.282. The topological polar surface area (TPSA) is 58.6 Å². The lowest BCUT2D eigenvalue weighted by atomic mass is 9.91. The molecular weight excluding hydrogens is 357 g/mol. The van der Waals surface area contributed by atoms with Gasteiger partial charge in [0.05, 0.1) is 9.11 Å². The lowest BCUT2D eigenvalue weighted by Crippen LogP contribution is -2.37. The molecule has 1 fully saturated rings. The minimum Gasteiger partial charge on any atom is -0.507 e. The number of rotatable bonds is 1. The number of hydrogen-bond acceptors (Lipinski definition) is 3. The normalized spacial score (nSPS) is 22.3. The van der Waals surface area contributed by atoms with E-state index in [2.05, 4.69) is 27.9 Å². The summed E-state index contributed by atoms with van der Waals surface area (Å²) in [7, 11) is 0. The van der Waals surface area contributed by atoms with Gasteiger partial charge in [-0.2, -0.15) is 0 Å². The Hall–Kier alpha value is -1.50. The fourth-order valence-corrected chi connectivity index (χ4v) is 2.96. The monoisotopic (exact) mass is 369 g/mol. The van der Waals surface area contributed by atoms with Crippen molar-refractivity contribution < 1.29 is 14.6 Å². The molecule has 1 heterocycles. The van der Waals surface area contributed by atoms with Gasteiger partial charge in [0.25, 0.3) is 0 Å². The number of alkyl carbamates (subject to hydrolysis) is 1. The zero-order chi connectivity index (χ0) is 13.6. The van der Waals surface area contributed by atoms with E-state index in [1.807, 2.05) is 31.2 Å². The van der Waals surface area contributed by atoms with E-state index in [9.17, 15) is 9.90 Å². The number of carbonyl (C=O) groups is 1. The molecule has 2 aromatic carbocycles. The summed E-state index contributed by atoms with van der Waals surface area (Å²) in [6.07, 6.45) is -0.386. The summed E-state index contributed by atoms with van der Waals surface area (Å²) in [6, 6.07) is 9.49. The number of phenols is 1. The second-order valence-electron chi connectivity index (χ2n) is 4.87. The Morgan fingerprint density at radius 1 is 1.37 bits per heavy atom. The Morgan fingerprint density at radius 2 is 2.16 bits per heavy atom. The van der Waals surface area contributed by atoms with Crippen LogP contribution in [0.15, 0.2) is 30.3 Å². The highest BCUT2D eigenvalue weighted by molar-refractivity contribution is 14.1. The molecule has 0 bridgehead atoms. The van der Waals surface area contributed by atoms with Crippen LogP contribution in [0.5, 0.6) is 5.75 Å². The number of ether oxygens (including phenoxy) is 1. The number of carbonyl (C=O) groups excluding carboxylic acids is 1. The van der Waals surface area contributed by atoms with E-state index in [1.54, 1.807) is 6.07 Å². The third-order valence-corrected chi connectivity index (χ3v) is 4.57. The van der Waals surface area contributed by atoms with Gasteiger partial charge in [0.2, 0.25) is 0 Å². The Kier molecular flexibility index (Phi) is 2.81. The number of amides is 1. The summed E-state index contributed by atoms with van der Waals surface area (Å²) >= 11 is 2.13. The lowest BCUT2D eigenvalue weighted by Gasteiger charge is -2.22. The first-order valence-electron chi connectivity index (χ1n) is 5.86. The summed E-state index contributed by atoms with van der Waals surface area (Å²) in [6.45, 7) is 2.26. The first kappa shape index (κ1) is 12.5. The molecule has 1 aliphatic heterocycles. The van der Waals surface area contributed by atoms with Crippen molar-refractivity contribution in [3.05, 3.63) is 39.5 Å². The van der Waals surface area contributed by atoms with Crippen LogP contribution in [0.25, 0.3) is 10.8 Å². The van der Waals surface area contributed by atoms with Crippen molar-refractivity contribution in [2.45, 2.75) is 12.5 Å². The molecule has 4 nitrogen and oxygen atoms in total. The van der Waals surface area contributed by atoms with E-state index >= 15 is 0 Å². The summed E-state index contributed by atoms with van der Waals surface area (Å²) in [5.74, 6) is 0.282. The van der Waals surface area contributed by atoms with Crippen LogP contribution in [0.4, 0.5) is 4.79 Å². The number of fused-ring (bicyclic) bond motifs is 1. The molecule has 3 rings (SSSR count). The quantitative estimate of drug-likeness (QED) is 0.760. The first-order chi connectivity index (χ1) is 8.99. The molecule has 2 N–H and O–H groups in total. The number of halogens is 1. The van der Waals surface area contributed by atoms with Gasteiger partial charge in [-0.05, 0) is 58.0 Å². The molecule has 1 atom stereocenters. The van der Waals surface area contributed by atoms with Gasteiger partial charge in [-0.3, -0.25) is 0 Å². The fraction of sp³-hybridized carbons (Fsp3) is 0.214. The van der Waals surface area contributed by atoms with Crippen LogP contribution in [-0.2, 0) is 10.3 Å². The number of nitrogens with one attached hydrogen (secondary N) is 1. The van der Waals surface area contributed by atoms with E-state index in [1.165, 1.54) is 0 Å². The van der Waals surface area contributed by atoms with E-state index in [4.69, 9.17) is 4.74 Å². The Bertz CT molecular complexity index is 686. The van der Waals surface area contributed by atoms with Crippen LogP contribution in [0.3, 0.4) is 0 Å². The molecule has 0 aliphatic carbocycles. The zero-order valence-electron chi connectivity index (χ0n) is 10.2. The summed E-state index contributed by atoms with van der Waals surface area (Å²) in [5.41, 5.74) is 0.501. The van der Waals surface area contributed by atoms with Crippen LogP contribution in [-0.4, -0.2) is 17.8 Å². The van der Waals surface area contributed by atoms with Crippen molar-refractivity contribution in [1.29, 1.82) is 0 Å². The highest BCUT2D eigenvalue weighted by Gasteiger charge is 2.36. The van der Waals surface area contributed by atoms with Gasteiger partial charge in [-0.15, -0.1) is 0 Å². The third kappa shape index (κ3) is 2.01. The summed E-state index contributed by atoms with van der Waals surface area (Å²) in [4.78, 5) is 11.2. The lowest BCUT2D eigenvalue weighted by molar-refractivity contribution is 0.173. The Morgan fingerprint density at radius 3 is 2.84 bits per heavy atom. The maximum absolute atomic E-state index is 11.2. The summed E-state index contributed by atoms with van der Waals surface area (Å²) in [5, 5.41) is 14.6. The second-order valence-corrected chi connectivity index (χ2v) is 5.95. The Labute approximate surface area is 123 Å². The molecule has 0 saturated carbocycles. The maximum Gasteiger partial charge on any atom is 0.408 e. The van der Waals surface area contributed by atoms with Crippen molar-refractivity contribution in [2.24, 2.45) is 0 Å². The van der Waals surface area contributed by atoms with Crippen LogP contribution in [0.2, 0.25) is 0 Å². The van der Waals surface area contributed by atoms with Crippen LogP contribution >= 0.6 is 22.6 Å². The predicted molar refractivity (Wildman–Crippen MR) is 80.2 cm³/mol. The second kappa shape index (κ2) is 4.26. The molecule has 1 amide bonds. The first-order valence-corrected chi connectivity index (χ1v) is 6.94. The molecule has 0 radical (unpaired) electrons. The standard InChI is InChI=1S/C14H12INO3/c1-14(7-19-13(18)16-14)9-3-4-10-8(6-9)2-5-11(17)12(10)15/h2-6,17H,7H2,1H3,(H,16,18). The number of benzene rings is 2. The number of aromatic hydroxyl groups is 1. The van der Waals surface area contributed by atoms with Gasteiger partial charge in [-0.1, -0.05) is 18.2 Å². The van der Waals surface area contributed by atoms with E-state index in [0.717, 1.165) is 19.9 Å². The molecule has 2 aromatic rings. The SMILES string of the molecule is CC1(c2ccc3c(I)c(O)ccc3c2)COC(=O)N1. The Balaban J connectivity index is 2.13. The van der Waals surface area contributed by atoms with Crippen LogP contribution < -0.4 is 5.32 Å².